The molecule has 3 saturated heterocycles. The first kappa shape index (κ1) is 21.1. The molecule has 170 valence electrons. The molecule has 0 aromatic heterocycles. The zero-order valence-electron chi connectivity index (χ0n) is 18.1. The monoisotopic (exact) mass is 442 g/mol. The summed E-state index contributed by atoms with van der Waals surface area (Å²) in [5.41, 5.74) is 1.88. The molecule has 1 aromatic rings. The van der Waals surface area contributed by atoms with Crippen molar-refractivity contribution in [2.24, 2.45) is 5.92 Å². The van der Waals surface area contributed by atoms with Crippen molar-refractivity contribution in [1.29, 1.82) is 0 Å². The van der Waals surface area contributed by atoms with Crippen molar-refractivity contribution in [3.63, 3.8) is 0 Å². The second kappa shape index (κ2) is 7.95. The van der Waals surface area contributed by atoms with Crippen LogP contribution in [0.3, 0.4) is 0 Å². The minimum absolute atomic E-state index is 0.0575. The molecule has 0 aliphatic carbocycles. The summed E-state index contributed by atoms with van der Waals surface area (Å²) in [6.07, 6.45) is 1.90. The molecule has 1 N–H and O–H groups in total. The van der Waals surface area contributed by atoms with Crippen LogP contribution in [0.1, 0.15) is 53.1 Å². The van der Waals surface area contributed by atoms with E-state index in [1.807, 2.05) is 11.9 Å². The topological polar surface area (TPSA) is 90.0 Å². The molecule has 3 fully saturated rings. The van der Waals surface area contributed by atoms with Crippen molar-refractivity contribution in [2.45, 2.75) is 44.2 Å². The molecule has 4 aliphatic rings. The van der Waals surface area contributed by atoms with Crippen molar-refractivity contribution in [3.05, 3.63) is 34.6 Å². The zero-order valence-corrected chi connectivity index (χ0v) is 18.1. The maximum atomic E-state index is 14.5. The van der Waals surface area contributed by atoms with Crippen molar-refractivity contribution < 1.29 is 23.6 Å². The standard InChI is InChI=1S/C23H27FN4O4/c1-26-10-14(11-26)22(31)27-6-4-13(5-7-27)16-8-15(24)9-17-18(16)12-28(23(17)32)19-2-3-20(29)25-21(19)30/h8-9,13-14,19H,2-7,10-12H2,1H3,(H,25,29,30). The van der Waals surface area contributed by atoms with Gasteiger partial charge in [0.15, 0.2) is 0 Å². The molecule has 8 nitrogen and oxygen atoms in total. The van der Waals surface area contributed by atoms with Gasteiger partial charge >= 0.3 is 0 Å². The van der Waals surface area contributed by atoms with E-state index in [-0.39, 0.29) is 48.9 Å². The highest BCUT2D eigenvalue weighted by atomic mass is 19.1. The van der Waals surface area contributed by atoms with E-state index < -0.39 is 17.8 Å². The highest BCUT2D eigenvalue weighted by molar-refractivity contribution is 6.05. The van der Waals surface area contributed by atoms with Gasteiger partial charge < -0.3 is 14.7 Å². The van der Waals surface area contributed by atoms with Crippen molar-refractivity contribution in [2.75, 3.05) is 33.2 Å². The van der Waals surface area contributed by atoms with E-state index in [2.05, 4.69) is 10.2 Å². The van der Waals surface area contributed by atoms with Crippen LogP contribution in [0.4, 0.5) is 4.39 Å². The Kier molecular flexibility index (Phi) is 5.23. The lowest BCUT2D eigenvalue weighted by atomic mass is 9.84. The smallest absolute Gasteiger partial charge is 0.255 e. The Labute approximate surface area is 185 Å². The number of hydrogen-bond donors (Lipinski definition) is 1. The molecule has 1 atom stereocenters. The molecule has 1 unspecified atom stereocenters. The molecule has 0 radical (unpaired) electrons. The molecule has 4 aliphatic heterocycles. The lowest BCUT2D eigenvalue weighted by molar-refractivity contribution is -0.141. The molecular formula is C23H27FN4O4. The third-order valence-electron chi connectivity index (χ3n) is 7.32. The fourth-order valence-electron chi connectivity index (χ4n) is 5.54. The highest BCUT2D eigenvalue weighted by Crippen LogP contribution is 2.38. The predicted molar refractivity (Wildman–Crippen MR) is 112 cm³/mol. The highest BCUT2D eigenvalue weighted by Gasteiger charge is 2.41. The molecule has 0 saturated carbocycles. The van der Waals surface area contributed by atoms with Crippen LogP contribution >= 0.6 is 0 Å². The Morgan fingerprint density at radius 2 is 1.81 bits per heavy atom. The summed E-state index contributed by atoms with van der Waals surface area (Å²) in [7, 11) is 2.00. The number of rotatable bonds is 3. The van der Waals surface area contributed by atoms with E-state index in [0.29, 0.717) is 18.7 Å². The second-order valence-electron chi connectivity index (χ2n) is 9.44. The lowest BCUT2D eigenvalue weighted by Gasteiger charge is -2.40. The van der Waals surface area contributed by atoms with E-state index in [1.165, 1.54) is 17.0 Å². The van der Waals surface area contributed by atoms with E-state index in [1.54, 1.807) is 0 Å². The average Bonchev–Trinajstić information content (AvgIpc) is 3.07. The summed E-state index contributed by atoms with van der Waals surface area (Å²) in [6.45, 7) is 3.09. The summed E-state index contributed by atoms with van der Waals surface area (Å²) in [6, 6.07) is 2.03. The first-order valence-corrected chi connectivity index (χ1v) is 11.3. The van der Waals surface area contributed by atoms with Crippen molar-refractivity contribution >= 4 is 23.6 Å². The van der Waals surface area contributed by atoms with Crippen LogP contribution in [0.5, 0.6) is 0 Å². The van der Waals surface area contributed by atoms with Gasteiger partial charge in [-0.15, -0.1) is 0 Å². The Morgan fingerprint density at radius 1 is 1.09 bits per heavy atom. The molecule has 5 rings (SSSR count). The first-order valence-electron chi connectivity index (χ1n) is 11.3. The number of amides is 4. The normalized spacial score (nSPS) is 25.1. The van der Waals surface area contributed by atoms with Gasteiger partial charge in [-0.1, -0.05) is 0 Å². The van der Waals surface area contributed by atoms with E-state index in [9.17, 15) is 23.6 Å². The number of fused-ring (bicyclic) bond motifs is 1. The number of piperidine rings is 2. The molecular weight excluding hydrogens is 415 g/mol. The minimum Gasteiger partial charge on any atom is -0.342 e. The molecule has 1 aromatic carbocycles. The van der Waals surface area contributed by atoms with E-state index in [0.717, 1.165) is 37.1 Å². The third-order valence-corrected chi connectivity index (χ3v) is 7.32. The average molecular weight is 442 g/mol. The number of carbonyl (C=O) groups excluding carboxylic acids is 4. The fraction of sp³-hybridized carbons (Fsp3) is 0.565. The van der Waals surface area contributed by atoms with Gasteiger partial charge in [0.05, 0.1) is 5.92 Å². The first-order chi connectivity index (χ1) is 15.3. The van der Waals surface area contributed by atoms with Crippen LogP contribution in [-0.4, -0.2) is 77.6 Å². The maximum Gasteiger partial charge on any atom is 0.255 e. The molecule has 4 heterocycles. The van der Waals surface area contributed by atoms with Gasteiger partial charge in [0.25, 0.3) is 5.91 Å². The van der Waals surface area contributed by atoms with Gasteiger partial charge in [-0.05, 0) is 55.5 Å². The number of likely N-dealkylation sites (tertiary alicyclic amines) is 2. The minimum atomic E-state index is -0.719. The van der Waals surface area contributed by atoms with Gasteiger partial charge in [0.2, 0.25) is 17.7 Å². The summed E-state index contributed by atoms with van der Waals surface area (Å²) < 4.78 is 14.5. The number of halogens is 1. The Balaban J connectivity index is 1.32. The van der Waals surface area contributed by atoms with Gasteiger partial charge in [0.1, 0.15) is 11.9 Å². The van der Waals surface area contributed by atoms with Crippen LogP contribution in [0.25, 0.3) is 0 Å². The van der Waals surface area contributed by atoms with Gasteiger partial charge in [-0.3, -0.25) is 24.5 Å². The molecule has 4 amide bonds. The second-order valence-corrected chi connectivity index (χ2v) is 9.44. The van der Waals surface area contributed by atoms with Crippen molar-refractivity contribution in [1.82, 2.24) is 20.0 Å². The maximum absolute atomic E-state index is 14.5. The molecule has 0 spiro atoms. The van der Waals surface area contributed by atoms with Crippen LogP contribution in [0, 0.1) is 11.7 Å². The fourth-order valence-corrected chi connectivity index (χ4v) is 5.54. The van der Waals surface area contributed by atoms with Crippen molar-refractivity contribution in [3.8, 4) is 0 Å². The Bertz CT molecular complexity index is 998. The summed E-state index contributed by atoms with van der Waals surface area (Å²) in [4.78, 5) is 55.0. The summed E-state index contributed by atoms with van der Waals surface area (Å²) in [5.74, 6) is -1.30. The van der Waals surface area contributed by atoms with E-state index in [4.69, 9.17) is 0 Å². The van der Waals surface area contributed by atoms with Crippen LogP contribution in [-0.2, 0) is 20.9 Å². The van der Waals surface area contributed by atoms with Crippen LogP contribution in [0.15, 0.2) is 12.1 Å². The van der Waals surface area contributed by atoms with Crippen LogP contribution < -0.4 is 5.32 Å². The number of benzene rings is 1. The number of carbonyl (C=O) groups is 4. The van der Waals surface area contributed by atoms with Gasteiger partial charge in [-0.25, -0.2) is 4.39 Å². The van der Waals surface area contributed by atoms with Gasteiger partial charge in [-0.2, -0.15) is 0 Å². The quantitative estimate of drug-likeness (QED) is 0.702. The third kappa shape index (κ3) is 3.58. The van der Waals surface area contributed by atoms with Gasteiger partial charge in [0, 0.05) is 44.7 Å². The SMILES string of the molecule is CN1CC(C(=O)N2CCC(c3cc(F)cc4c3CN(C3CCC(=O)NC3=O)C4=O)CC2)C1. The summed E-state index contributed by atoms with van der Waals surface area (Å²) >= 11 is 0. The predicted octanol–water partition coefficient (Wildman–Crippen LogP) is 0.854. The molecule has 32 heavy (non-hydrogen) atoms. The Hall–Kier alpha value is -2.81. The number of imide groups is 1. The number of nitrogens with zero attached hydrogens (tertiary/aromatic N) is 3. The lowest BCUT2D eigenvalue weighted by Crippen LogP contribution is -2.53. The Morgan fingerprint density at radius 3 is 2.47 bits per heavy atom. The zero-order chi connectivity index (χ0) is 22.6. The van der Waals surface area contributed by atoms with E-state index >= 15 is 0 Å². The number of nitrogens with one attached hydrogen (secondary N) is 1. The summed E-state index contributed by atoms with van der Waals surface area (Å²) in [5, 5.41) is 2.29. The van der Waals surface area contributed by atoms with Crippen LogP contribution in [0.2, 0.25) is 0 Å². The molecule has 9 heteroatoms. The molecule has 0 bridgehead atoms. The largest absolute Gasteiger partial charge is 0.342 e. The number of hydrogen-bond acceptors (Lipinski definition) is 5.